The highest BCUT2D eigenvalue weighted by Crippen LogP contribution is 2.53. The molecule has 2 aliphatic rings. The zero-order valence-electron chi connectivity index (χ0n) is 44.0. The summed E-state index contributed by atoms with van der Waals surface area (Å²) in [7, 11) is 0. The van der Waals surface area contributed by atoms with Gasteiger partial charge in [0.15, 0.2) is 0 Å². The fourth-order valence-corrected chi connectivity index (χ4v) is 12.6. The highest BCUT2D eigenvalue weighted by Gasteiger charge is 2.47. The van der Waals surface area contributed by atoms with Gasteiger partial charge in [-0.1, -0.05) is 168 Å². The Morgan fingerprint density at radius 1 is 0.443 bits per heavy atom. The number of hydrogen-bond donors (Lipinski definition) is 0. The number of para-hydroxylation sites is 1. The molecule has 0 atom stereocenters. The van der Waals surface area contributed by atoms with Crippen LogP contribution < -0.4 is 25.5 Å². The highest BCUT2D eigenvalue weighted by molar-refractivity contribution is 7.33. The quantitative estimate of drug-likeness (QED) is 0.164. The fourth-order valence-electron chi connectivity index (χ4n) is 11.3. The molecule has 0 fully saturated rings. The van der Waals surface area contributed by atoms with Crippen LogP contribution in [0.1, 0.15) is 122 Å². The largest absolute Gasteiger partial charge is 0.464 e. The second-order valence-corrected chi connectivity index (χ2v) is 25.6. The molecule has 0 saturated heterocycles. The van der Waals surface area contributed by atoms with Gasteiger partial charge in [-0.3, -0.25) is 0 Å². The van der Waals surface area contributed by atoms with Crippen LogP contribution in [-0.2, 0) is 21.7 Å². The summed E-state index contributed by atoms with van der Waals surface area (Å²) in [6.45, 7) is 35.1. The van der Waals surface area contributed by atoms with E-state index in [1.165, 1.54) is 110 Å². The monoisotopic (exact) mass is 935 g/mol. The Morgan fingerprint density at radius 2 is 1.01 bits per heavy atom. The Balaban J connectivity index is 1.32. The summed E-state index contributed by atoms with van der Waals surface area (Å²) in [4.78, 5) is 5.38. The van der Waals surface area contributed by atoms with E-state index >= 15 is 0 Å². The number of fused-ring (bicyclic) bond motifs is 7. The molecule has 0 aliphatic carbocycles. The Hall–Kier alpha value is -6.30. The van der Waals surface area contributed by atoms with Crippen LogP contribution in [0.25, 0.3) is 43.3 Å². The van der Waals surface area contributed by atoms with Crippen molar-refractivity contribution in [2.75, 3.05) is 9.80 Å². The van der Waals surface area contributed by atoms with Crippen molar-refractivity contribution in [1.82, 2.24) is 0 Å². The lowest BCUT2D eigenvalue weighted by Gasteiger charge is -2.45. The first-order valence-corrected chi connectivity index (χ1v) is 26.1. The minimum Gasteiger partial charge on any atom is -0.464 e. The van der Waals surface area contributed by atoms with Crippen molar-refractivity contribution in [3.8, 4) is 22.3 Å². The zero-order chi connectivity index (χ0) is 49.6. The third-order valence-electron chi connectivity index (χ3n) is 15.2. The number of rotatable bonds is 4. The second kappa shape index (κ2) is 15.9. The predicted octanol–water partition coefficient (Wildman–Crippen LogP) is 17.2. The lowest BCUT2D eigenvalue weighted by molar-refractivity contribution is 0.589. The SMILES string of the molecule is Cc1cc(C(C)(C)C)cc(C)c1N1c2cc(C(C)(C)C)cc3c2B(c2cc(-c4coc5ccccc45)ccc2N3c2c(C)cc(C(C)(C)C)cc2-c2ccccc2)c2sc3ccc(C(C)(C)C)cc3c21. The molecular weight excluding hydrogens is 868 g/mol. The number of nitrogens with zero attached hydrogens (tertiary/aromatic N) is 2. The van der Waals surface area contributed by atoms with Crippen LogP contribution >= 0.6 is 11.3 Å². The number of furan rings is 1. The maximum Gasteiger partial charge on any atom is 0.264 e. The standard InChI is InChI=1S/C65H67BN2OS/c1-38-29-44(63(7,8)9)30-39(2)58(38)68-54-36-46(65(13,14)15)35-53-57(54)66(61-60(68)49-33-43(62(4,5)6)26-28-56(49)70-61)51-32-42(50-37-69-55-24-20-19-23-47(50)55)25-27-52(51)67(53)59-40(3)31-45(64(10,11)12)34-48(59)41-21-17-16-18-22-41/h16-37H,1-15H3. The van der Waals surface area contributed by atoms with Gasteiger partial charge in [-0.15, -0.1) is 11.3 Å². The van der Waals surface area contributed by atoms with Crippen molar-refractivity contribution < 1.29 is 4.42 Å². The van der Waals surface area contributed by atoms with Crippen molar-refractivity contribution in [3.05, 3.63) is 173 Å². The van der Waals surface area contributed by atoms with Crippen LogP contribution in [0.3, 0.4) is 0 Å². The first-order chi connectivity index (χ1) is 33.0. The van der Waals surface area contributed by atoms with E-state index in [1.54, 1.807) is 0 Å². The maximum atomic E-state index is 6.28. The van der Waals surface area contributed by atoms with Crippen molar-refractivity contribution in [1.29, 1.82) is 0 Å². The van der Waals surface area contributed by atoms with Crippen molar-refractivity contribution in [3.63, 3.8) is 0 Å². The lowest BCUT2D eigenvalue weighted by Crippen LogP contribution is -2.60. The van der Waals surface area contributed by atoms with Gasteiger partial charge in [0.05, 0.1) is 23.3 Å². The lowest BCUT2D eigenvalue weighted by atomic mass is 9.36. The molecule has 70 heavy (non-hydrogen) atoms. The first kappa shape index (κ1) is 46.1. The summed E-state index contributed by atoms with van der Waals surface area (Å²) in [5.74, 6) is 0. The van der Waals surface area contributed by atoms with Gasteiger partial charge in [0.1, 0.15) is 5.58 Å². The van der Waals surface area contributed by atoms with E-state index in [0.717, 1.165) is 22.1 Å². The Morgan fingerprint density at radius 3 is 1.66 bits per heavy atom. The smallest absolute Gasteiger partial charge is 0.264 e. The van der Waals surface area contributed by atoms with Crippen molar-refractivity contribution in [2.45, 2.75) is 126 Å². The normalized spacial score (nSPS) is 13.8. The van der Waals surface area contributed by atoms with Gasteiger partial charge in [-0.05, 0) is 146 Å². The summed E-state index contributed by atoms with van der Waals surface area (Å²) < 4.78 is 8.98. The summed E-state index contributed by atoms with van der Waals surface area (Å²) in [5.41, 5.74) is 24.8. The Labute approximate surface area is 421 Å². The van der Waals surface area contributed by atoms with Crippen LogP contribution in [0.15, 0.2) is 138 Å². The molecule has 0 bridgehead atoms. The number of hydrogen-bond acceptors (Lipinski definition) is 4. The van der Waals surface area contributed by atoms with Crippen LogP contribution in [0, 0.1) is 20.8 Å². The van der Waals surface area contributed by atoms with Crippen LogP contribution in [-0.4, -0.2) is 6.71 Å². The van der Waals surface area contributed by atoms with Gasteiger partial charge in [-0.2, -0.15) is 0 Å². The maximum absolute atomic E-state index is 6.28. The van der Waals surface area contributed by atoms with Gasteiger partial charge in [0.2, 0.25) is 0 Å². The Kier molecular flexibility index (Phi) is 10.4. The molecule has 4 heterocycles. The minimum atomic E-state index is -0.158. The second-order valence-electron chi connectivity index (χ2n) is 24.5. The average Bonchev–Trinajstić information content (AvgIpc) is 3.90. The molecule has 5 heteroatoms. The molecule has 0 amide bonds. The molecule has 2 aromatic heterocycles. The third kappa shape index (κ3) is 7.37. The van der Waals surface area contributed by atoms with Crippen molar-refractivity contribution in [2.24, 2.45) is 0 Å². The van der Waals surface area contributed by atoms with E-state index in [9.17, 15) is 0 Å². The number of benzene rings is 7. The van der Waals surface area contributed by atoms with Gasteiger partial charge < -0.3 is 14.2 Å². The van der Waals surface area contributed by atoms with E-state index in [-0.39, 0.29) is 28.4 Å². The molecule has 11 rings (SSSR count). The molecule has 9 aromatic rings. The van der Waals surface area contributed by atoms with Crippen molar-refractivity contribution >= 4 is 88.9 Å². The van der Waals surface area contributed by atoms with E-state index in [2.05, 4.69) is 241 Å². The Bertz CT molecular complexity index is 3560. The third-order valence-corrected chi connectivity index (χ3v) is 16.5. The summed E-state index contributed by atoms with van der Waals surface area (Å²) in [5, 5.41) is 2.45. The van der Waals surface area contributed by atoms with E-state index in [1.807, 2.05) is 17.6 Å². The average molecular weight is 935 g/mol. The predicted molar refractivity (Wildman–Crippen MR) is 306 cm³/mol. The van der Waals surface area contributed by atoms with Gasteiger partial charge >= 0.3 is 0 Å². The molecule has 352 valence electrons. The van der Waals surface area contributed by atoms with Gasteiger partial charge in [0, 0.05) is 48.4 Å². The highest BCUT2D eigenvalue weighted by atomic mass is 32.1. The molecular formula is C65H67BN2OS. The van der Waals surface area contributed by atoms with Crippen LogP contribution in [0.2, 0.25) is 0 Å². The number of thiophene rings is 1. The molecule has 3 nitrogen and oxygen atoms in total. The molecule has 0 spiro atoms. The molecule has 0 radical (unpaired) electrons. The zero-order valence-corrected chi connectivity index (χ0v) is 44.8. The summed E-state index contributed by atoms with van der Waals surface area (Å²) in [6, 6.07) is 49.0. The molecule has 2 aliphatic heterocycles. The molecule has 7 aromatic carbocycles. The topological polar surface area (TPSA) is 19.6 Å². The van der Waals surface area contributed by atoms with E-state index in [0.29, 0.717) is 0 Å². The van der Waals surface area contributed by atoms with Gasteiger partial charge in [0.25, 0.3) is 6.71 Å². The summed E-state index contributed by atoms with van der Waals surface area (Å²) >= 11 is 1.98. The number of aryl methyl sites for hydroxylation is 3. The van der Waals surface area contributed by atoms with E-state index in [4.69, 9.17) is 4.42 Å². The fraction of sp³-hybridized carbons (Fsp3) is 0.292. The molecule has 0 saturated carbocycles. The molecule has 0 unspecified atom stereocenters. The minimum absolute atomic E-state index is 0.00724. The van der Waals surface area contributed by atoms with Crippen LogP contribution in [0.4, 0.5) is 34.1 Å². The summed E-state index contributed by atoms with van der Waals surface area (Å²) in [6.07, 6.45) is 1.96. The van der Waals surface area contributed by atoms with E-state index < -0.39 is 0 Å². The van der Waals surface area contributed by atoms with Gasteiger partial charge in [-0.25, -0.2) is 0 Å². The van der Waals surface area contributed by atoms with Crippen LogP contribution in [0.5, 0.6) is 0 Å². The first-order valence-electron chi connectivity index (χ1n) is 25.3. The molecule has 0 N–H and O–H groups in total. The number of anilines is 6.